The summed E-state index contributed by atoms with van der Waals surface area (Å²) in [6, 6.07) is 29.5. The van der Waals surface area contributed by atoms with E-state index in [-0.39, 0.29) is 12.3 Å². The second kappa shape index (κ2) is 11.0. The number of para-hydroxylation sites is 1. The van der Waals surface area contributed by atoms with Crippen LogP contribution in [0.4, 0.5) is 18.9 Å². The lowest BCUT2D eigenvalue weighted by molar-refractivity contribution is -0.274. The summed E-state index contributed by atoms with van der Waals surface area (Å²) in [5, 5.41) is 0. The van der Waals surface area contributed by atoms with Gasteiger partial charge in [0.05, 0.1) is 19.3 Å². The molecule has 0 saturated carbocycles. The fraction of sp³-hybridized carbons (Fsp3) is 0.103. The molecule has 4 aromatic carbocycles. The monoisotopic (exact) mass is 505 g/mol. The number of anilines is 1. The Kier molecular flexibility index (Phi) is 7.57. The highest BCUT2D eigenvalue weighted by atomic mass is 19.4. The Morgan fingerprint density at radius 1 is 0.730 bits per heavy atom. The molecule has 0 saturated heterocycles. The Morgan fingerprint density at radius 3 is 1.89 bits per heavy atom. The number of methoxy groups -OCH3 is 1. The fourth-order valence-electron chi connectivity index (χ4n) is 3.87. The van der Waals surface area contributed by atoms with E-state index >= 15 is 0 Å². The molecule has 0 spiro atoms. The van der Waals surface area contributed by atoms with E-state index in [1.807, 2.05) is 42.5 Å². The van der Waals surface area contributed by atoms with Crippen molar-refractivity contribution in [2.24, 2.45) is 0 Å². The number of hydrogen-bond acceptors (Lipinski definition) is 4. The molecule has 4 rings (SSSR count). The molecule has 0 radical (unpaired) electrons. The van der Waals surface area contributed by atoms with Crippen molar-refractivity contribution < 1.29 is 32.2 Å². The van der Waals surface area contributed by atoms with E-state index in [1.165, 1.54) is 29.2 Å². The van der Waals surface area contributed by atoms with Gasteiger partial charge in [-0.3, -0.25) is 9.69 Å². The Labute approximate surface area is 211 Å². The zero-order valence-corrected chi connectivity index (χ0v) is 19.7. The molecule has 0 fully saturated rings. The highest BCUT2D eigenvalue weighted by molar-refractivity contribution is 6.38. The first-order valence-corrected chi connectivity index (χ1v) is 11.2. The van der Waals surface area contributed by atoms with Crippen LogP contribution in [0, 0.1) is 0 Å². The van der Waals surface area contributed by atoms with Crippen LogP contribution in [0.1, 0.15) is 5.56 Å². The summed E-state index contributed by atoms with van der Waals surface area (Å²) >= 11 is 0. The third-order valence-electron chi connectivity index (χ3n) is 5.60. The van der Waals surface area contributed by atoms with Crippen LogP contribution >= 0.6 is 0 Å². The van der Waals surface area contributed by atoms with Crippen LogP contribution in [-0.4, -0.2) is 25.3 Å². The molecule has 5 nitrogen and oxygen atoms in total. The third-order valence-corrected chi connectivity index (χ3v) is 5.60. The lowest BCUT2D eigenvalue weighted by Gasteiger charge is -2.24. The second-order valence-corrected chi connectivity index (χ2v) is 8.04. The van der Waals surface area contributed by atoms with Gasteiger partial charge in [0.1, 0.15) is 5.75 Å². The summed E-state index contributed by atoms with van der Waals surface area (Å²) in [5.74, 6) is -2.10. The molecular formula is C29H22F3NO4. The number of halogens is 3. The van der Waals surface area contributed by atoms with E-state index in [9.17, 15) is 22.8 Å². The zero-order chi connectivity index (χ0) is 26.4. The van der Waals surface area contributed by atoms with Gasteiger partial charge in [-0.25, -0.2) is 4.79 Å². The van der Waals surface area contributed by atoms with Gasteiger partial charge >= 0.3 is 18.2 Å². The number of hydrogen-bond donors (Lipinski definition) is 0. The largest absolute Gasteiger partial charge is 0.573 e. The molecule has 0 aliphatic rings. The van der Waals surface area contributed by atoms with Gasteiger partial charge in [-0.1, -0.05) is 84.9 Å². The van der Waals surface area contributed by atoms with E-state index in [0.717, 1.165) is 29.4 Å². The van der Waals surface area contributed by atoms with Crippen molar-refractivity contribution in [2.45, 2.75) is 12.9 Å². The highest BCUT2D eigenvalue weighted by Gasteiger charge is 2.31. The number of carbonyl (C=O) groups is 2. The van der Waals surface area contributed by atoms with Crippen LogP contribution in [0.15, 0.2) is 103 Å². The molecule has 0 unspecified atom stereocenters. The molecule has 0 bridgehead atoms. The number of ether oxygens (including phenoxy) is 2. The maximum Gasteiger partial charge on any atom is 0.573 e. The van der Waals surface area contributed by atoms with E-state index in [2.05, 4.69) is 4.74 Å². The average Bonchev–Trinajstić information content (AvgIpc) is 2.91. The van der Waals surface area contributed by atoms with E-state index < -0.39 is 18.2 Å². The molecule has 0 atom stereocenters. The van der Waals surface area contributed by atoms with Crippen LogP contribution in [0.3, 0.4) is 0 Å². The summed E-state index contributed by atoms with van der Waals surface area (Å²) in [6.07, 6.45) is -4.75. The van der Waals surface area contributed by atoms with Crippen molar-refractivity contribution in [1.29, 1.82) is 0 Å². The molecular weight excluding hydrogens is 483 g/mol. The Balaban J connectivity index is 1.62. The molecule has 8 heteroatoms. The average molecular weight is 505 g/mol. The number of alkyl halides is 3. The van der Waals surface area contributed by atoms with Gasteiger partial charge in [0.25, 0.3) is 0 Å². The van der Waals surface area contributed by atoms with E-state index in [1.54, 1.807) is 36.4 Å². The minimum atomic E-state index is -4.75. The van der Waals surface area contributed by atoms with Crippen LogP contribution in [0.2, 0.25) is 0 Å². The van der Waals surface area contributed by atoms with E-state index in [0.29, 0.717) is 11.3 Å². The first-order chi connectivity index (χ1) is 17.7. The number of benzene rings is 4. The Morgan fingerprint density at radius 2 is 1.30 bits per heavy atom. The van der Waals surface area contributed by atoms with Crippen molar-refractivity contribution in [1.82, 2.24) is 0 Å². The van der Waals surface area contributed by atoms with Crippen LogP contribution in [0.5, 0.6) is 5.75 Å². The third kappa shape index (κ3) is 6.35. The van der Waals surface area contributed by atoms with Crippen molar-refractivity contribution in [3.63, 3.8) is 0 Å². The normalized spacial score (nSPS) is 11.0. The van der Waals surface area contributed by atoms with Crippen molar-refractivity contribution in [3.8, 4) is 28.0 Å². The molecule has 0 heterocycles. The maximum absolute atomic E-state index is 13.0. The standard InChI is InChI=1S/C29H22F3NO4/c1-36-28(35)27(34)33(26-10-6-5-9-25(26)23-7-3-2-4-8-23)19-20-11-13-21(14-12-20)22-15-17-24(18-16-22)37-29(30,31)32/h2-18H,19H2,1H3. The van der Waals surface area contributed by atoms with Gasteiger partial charge in [-0.15, -0.1) is 13.2 Å². The molecule has 0 aliphatic carbocycles. The summed E-state index contributed by atoms with van der Waals surface area (Å²) < 4.78 is 45.8. The fourth-order valence-corrected chi connectivity index (χ4v) is 3.87. The number of nitrogens with zero attached hydrogens (tertiary/aromatic N) is 1. The van der Waals surface area contributed by atoms with Gasteiger partial charge < -0.3 is 9.47 Å². The van der Waals surface area contributed by atoms with E-state index in [4.69, 9.17) is 4.74 Å². The van der Waals surface area contributed by atoms with Crippen molar-refractivity contribution >= 4 is 17.6 Å². The second-order valence-electron chi connectivity index (χ2n) is 8.04. The molecule has 0 aliphatic heterocycles. The molecule has 188 valence electrons. The molecule has 4 aromatic rings. The summed E-state index contributed by atoms with van der Waals surface area (Å²) in [4.78, 5) is 26.6. The lowest BCUT2D eigenvalue weighted by Crippen LogP contribution is -2.37. The van der Waals surface area contributed by atoms with Crippen LogP contribution in [-0.2, 0) is 20.9 Å². The summed E-state index contributed by atoms with van der Waals surface area (Å²) in [7, 11) is 1.15. The number of carbonyl (C=O) groups excluding carboxylic acids is 2. The summed E-state index contributed by atoms with van der Waals surface area (Å²) in [6.45, 7) is 0.0937. The smallest absolute Gasteiger partial charge is 0.462 e. The summed E-state index contributed by atoms with van der Waals surface area (Å²) in [5.41, 5.74) is 4.40. The minimum Gasteiger partial charge on any atom is -0.462 e. The van der Waals surface area contributed by atoms with Crippen LogP contribution in [0.25, 0.3) is 22.3 Å². The van der Waals surface area contributed by atoms with Crippen molar-refractivity contribution in [3.05, 3.63) is 109 Å². The van der Waals surface area contributed by atoms with Gasteiger partial charge in [0, 0.05) is 5.56 Å². The highest BCUT2D eigenvalue weighted by Crippen LogP contribution is 2.32. The minimum absolute atomic E-state index is 0.0937. The SMILES string of the molecule is COC(=O)C(=O)N(Cc1ccc(-c2ccc(OC(F)(F)F)cc2)cc1)c1ccccc1-c1ccccc1. The maximum atomic E-state index is 13.0. The first kappa shape index (κ1) is 25.5. The predicted octanol–water partition coefficient (Wildman–Crippen LogP) is 6.63. The predicted molar refractivity (Wildman–Crippen MR) is 134 cm³/mol. The zero-order valence-electron chi connectivity index (χ0n) is 19.7. The van der Waals surface area contributed by atoms with Crippen molar-refractivity contribution in [2.75, 3.05) is 12.0 Å². The quantitative estimate of drug-likeness (QED) is 0.218. The molecule has 37 heavy (non-hydrogen) atoms. The van der Waals surface area contributed by atoms with Gasteiger partial charge in [0.15, 0.2) is 0 Å². The Hall–Kier alpha value is -4.59. The number of rotatable bonds is 6. The Bertz CT molecular complexity index is 1370. The van der Waals surface area contributed by atoms with Gasteiger partial charge in [-0.05, 0) is 40.5 Å². The van der Waals surface area contributed by atoms with Gasteiger partial charge in [0.2, 0.25) is 0 Å². The molecule has 0 N–H and O–H groups in total. The number of amides is 1. The lowest BCUT2D eigenvalue weighted by atomic mass is 10.0. The topological polar surface area (TPSA) is 55.8 Å². The molecule has 1 amide bonds. The van der Waals surface area contributed by atoms with Crippen LogP contribution < -0.4 is 9.64 Å². The first-order valence-electron chi connectivity index (χ1n) is 11.2. The number of esters is 1. The van der Waals surface area contributed by atoms with Gasteiger partial charge in [-0.2, -0.15) is 0 Å². The molecule has 0 aromatic heterocycles.